The highest BCUT2D eigenvalue weighted by atomic mass is 79.9. The second kappa shape index (κ2) is 8.07. The second-order valence-corrected chi connectivity index (χ2v) is 6.21. The monoisotopic (exact) mass is 366 g/mol. The molecule has 0 unspecified atom stereocenters. The summed E-state index contributed by atoms with van der Waals surface area (Å²) in [6.45, 7) is 0.506. The van der Waals surface area contributed by atoms with Crippen molar-refractivity contribution < 1.29 is 9.53 Å². The maximum Gasteiger partial charge on any atom is 0.268 e. The topological polar surface area (TPSA) is 64.3 Å². The zero-order valence-electron chi connectivity index (χ0n) is 11.2. The number of ether oxygens (including phenoxy) is 1. The van der Waals surface area contributed by atoms with Crippen LogP contribution in [0.3, 0.4) is 0 Å². The molecule has 0 heterocycles. The maximum absolute atomic E-state index is 11.6. The van der Waals surface area contributed by atoms with Crippen molar-refractivity contribution in [3.05, 3.63) is 58.6 Å². The largest absolute Gasteiger partial charge is 0.492 e. The molecule has 2 rings (SSSR count). The van der Waals surface area contributed by atoms with Gasteiger partial charge < -0.3 is 4.74 Å². The van der Waals surface area contributed by atoms with Gasteiger partial charge in [0.2, 0.25) is 0 Å². The minimum absolute atomic E-state index is 0.356. The molecule has 0 radical (unpaired) electrons. The van der Waals surface area contributed by atoms with E-state index in [2.05, 4.69) is 27.4 Å². The van der Waals surface area contributed by atoms with E-state index in [1.165, 1.54) is 4.90 Å². The molecule has 4 nitrogen and oxygen atoms in total. The number of nitrogen functional groups attached to an aromatic ring is 1. The second-order valence-electron chi connectivity index (χ2n) is 4.12. The Labute approximate surface area is 136 Å². The van der Waals surface area contributed by atoms with Crippen LogP contribution in [0, 0.1) is 0 Å². The molecule has 0 aliphatic heterocycles. The summed E-state index contributed by atoms with van der Waals surface area (Å²) >= 11 is 5.13. The minimum Gasteiger partial charge on any atom is -0.492 e. The van der Waals surface area contributed by atoms with Crippen molar-refractivity contribution in [2.45, 2.75) is 4.90 Å². The van der Waals surface area contributed by atoms with Crippen LogP contribution in [-0.4, -0.2) is 18.3 Å². The Balaban J connectivity index is 1.88. The number of amides is 1. The summed E-state index contributed by atoms with van der Waals surface area (Å²) in [5, 5.41) is 0. The third-order valence-corrected chi connectivity index (χ3v) is 4.12. The molecule has 0 aliphatic rings. The Kier molecular flexibility index (Phi) is 6.10. The van der Waals surface area contributed by atoms with Crippen LogP contribution in [0.4, 0.5) is 0 Å². The van der Waals surface area contributed by atoms with Gasteiger partial charge in [-0.05, 0) is 30.3 Å². The third kappa shape index (κ3) is 4.77. The summed E-state index contributed by atoms with van der Waals surface area (Å²) in [6, 6.07) is 15.1. The van der Waals surface area contributed by atoms with E-state index < -0.39 is 0 Å². The number of thioether (sulfide) groups is 1. The van der Waals surface area contributed by atoms with E-state index >= 15 is 0 Å². The molecule has 0 aliphatic carbocycles. The van der Waals surface area contributed by atoms with Gasteiger partial charge in [-0.1, -0.05) is 34.1 Å². The van der Waals surface area contributed by atoms with Gasteiger partial charge in [-0.25, -0.2) is 5.84 Å². The van der Waals surface area contributed by atoms with E-state index in [4.69, 9.17) is 10.6 Å². The first kappa shape index (κ1) is 15.9. The number of nitrogens with one attached hydrogen (secondary N) is 1. The fourth-order valence-corrected chi connectivity index (χ4v) is 3.06. The van der Waals surface area contributed by atoms with Crippen LogP contribution < -0.4 is 16.0 Å². The van der Waals surface area contributed by atoms with Crippen molar-refractivity contribution in [2.75, 3.05) is 12.4 Å². The van der Waals surface area contributed by atoms with Gasteiger partial charge in [0.05, 0.1) is 12.2 Å². The average Bonchev–Trinajstić information content (AvgIpc) is 2.51. The van der Waals surface area contributed by atoms with Crippen molar-refractivity contribution >= 4 is 33.6 Å². The number of rotatable bonds is 6. The van der Waals surface area contributed by atoms with Crippen LogP contribution in [0.15, 0.2) is 57.9 Å². The highest BCUT2D eigenvalue weighted by Crippen LogP contribution is 2.23. The van der Waals surface area contributed by atoms with Gasteiger partial charge >= 0.3 is 0 Å². The van der Waals surface area contributed by atoms with Crippen LogP contribution in [-0.2, 0) is 0 Å². The Morgan fingerprint density at radius 1 is 1.24 bits per heavy atom. The zero-order chi connectivity index (χ0) is 15.1. The molecule has 0 bridgehead atoms. The van der Waals surface area contributed by atoms with Gasteiger partial charge in [0, 0.05) is 15.1 Å². The number of benzene rings is 2. The van der Waals surface area contributed by atoms with Crippen LogP contribution >= 0.6 is 27.7 Å². The lowest BCUT2D eigenvalue weighted by Crippen LogP contribution is -2.30. The lowest BCUT2D eigenvalue weighted by atomic mass is 10.2. The molecule has 110 valence electrons. The first-order valence-electron chi connectivity index (χ1n) is 6.32. The smallest absolute Gasteiger partial charge is 0.268 e. The number of hydrogen-bond donors (Lipinski definition) is 2. The molecule has 0 saturated carbocycles. The number of halogens is 1. The molecular weight excluding hydrogens is 352 g/mol. The third-order valence-electron chi connectivity index (χ3n) is 2.67. The Hall–Kier alpha value is -1.50. The van der Waals surface area contributed by atoms with Crippen molar-refractivity contribution in [1.29, 1.82) is 0 Å². The van der Waals surface area contributed by atoms with E-state index in [0.717, 1.165) is 10.2 Å². The lowest BCUT2D eigenvalue weighted by Gasteiger charge is -2.10. The number of carbonyl (C=O) groups excluding carboxylic acids is 1. The van der Waals surface area contributed by atoms with Crippen molar-refractivity contribution in [3.8, 4) is 5.75 Å². The number of nitrogens with two attached hydrogens (primary N) is 1. The van der Waals surface area contributed by atoms with E-state index in [9.17, 15) is 4.79 Å². The van der Waals surface area contributed by atoms with Crippen molar-refractivity contribution in [1.82, 2.24) is 5.43 Å². The van der Waals surface area contributed by atoms with Gasteiger partial charge in [-0.15, -0.1) is 11.8 Å². The van der Waals surface area contributed by atoms with E-state index in [1.807, 2.05) is 24.3 Å². The molecule has 0 spiro atoms. The highest BCUT2D eigenvalue weighted by molar-refractivity contribution is 9.10. The highest BCUT2D eigenvalue weighted by Gasteiger charge is 2.10. The van der Waals surface area contributed by atoms with Crippen molar-refractivity contribution in [3.63, 3.8) is 0 Å². The Morgan fingerprint density at radius 3 is 2.81 bits per heavy atom. The van der Waals surface area contributed by atoms with Crippen LogP contribution in [0.2, 0.25) is 0 Å². The summed E-state index contributed by atoms with van der Waals surface area (Å²) in [6.07, 6.45) is 0. The van der Waals surface area contributed by atoms with Crippen LogP contribution in [0.1, 0.15) is 10.4 Å². The number of para-hydroxylation sites is 1. The molecule has 6 heteroatoms. The molecule has 21 heavy (non-hydrogen) atoms. The Bertz CT molecular complexity index is 622. The molecule has 2 aromatic carbocycles. The molecule has 2 aromatic rings. The molecule has 3 N–H and O–H groups in total. The zero-order valence-corrected chi connectivity index (χ0v) is 13.6. The standard InChI is InChI=1S/C15H15BrN2O2S/c16-11-4-3-5-12(10-11)21-9-8-20-14-7-2-1-6-13(14)15(19)18-17/h1-7,10H,8-9,17H2,(H,18,19). The predicted molar refractivity (Wildman–Crippen MR) is 88.5 cm³/mol. The van der Waals surface area contributed by atoms with Gasteiger partial charge in [0.25, 0.3) is 5.91 Å². The molecular formula is C15H15BrN2O2S. The first-order valence-corrected chi connectivity index (χ1v) is 8.09. The van der Waals surface area contributed by atoms with Gasteiger partial charge in [0.1, 0.15) is 5.75 Å². The normalized spacial score (nSPS) is 10.2. The summed E-state index contributed by atoms with van der Waals surface area (Å²) in [4.78, 5) is 12.8. The molecule has 1 amide bonds. The predicted octanol–water partition coefficient (Wildman–Crippen LogP) is 3.22. The number of hydrogen-bond acceptors (Lipinski definition) is 4. The molecule has 0 fully saturated rings. The maximum atomic E-state index is 11.6. The Morgan fingerprint density at radius 2 is 2.05 bits per heavy atom. The number of carbonyl (C=O) groups is 1. The summed E-state index contributed by atoms with van der Waals surface area (Å²) < 4.78 is 6.72. The molecule has 0 saturated heterocycles. The summed E-state index contributed by atoms with van der Waals surface area (Å²) in [7, 11) is 0. The SMILES string of the molecule is NNC(=O)c1ccccc1OCCSc1cccc(Br)c1. The van der Waals surface area contributed by atoms with Gasteiger partial charge in [-0.3, -0.25) is 10.2 Å². The first-order chi connectivity index (χ1) is 10.2. The molecule has 0 atom stereocenters. The van der Waals surface area contributed by atoms with E-state index in [1.54, 1.807) is 30.0 Å². The average molecular weight is 367 g/mol. The van der Waals surface area contributed by atoms with Gasteiger partial charge in [-0.2, -0.15) is 0 Å². The van der Waals surface area contributed by atoms with Crippen LogP contribution in [0.25, 0.3) is 0 Å². The van der Waals surface area contributed by atoms with Crippen LogP contribution in [0.5, 0.6) is 5.75 Å². The quantitative estimate of drug-likeness (QED) is 0.271. The van der Waals surface area contributed by atoms with Gasteiger partial charge in [0.15, 0.2) is 0 Å². The lowest BCUT2D eigenvalue weighted by molar-refractivity contribution is 0.0950. The minimum atomic E-state index is -0.356. The fraction of sp³-hybridized carbons (Fsp3) is 0.133. The number of hydrazine groups is 1. The van der Waals surface area contributed by atoms with E-state index in [0.29, 0.717) is 17.9 Å². The summed E-state index contributed by atoms with van der Waals surface area (Å²) in [5.74, 6) is 6.12. The summed E-state index contributed by atoms with van der Waals surface area (Å²) in [5.41, 5.74) is 2.55. The van der Waals surface area contributed by atoms with Crippen molar-refractivity contribution in [2.24, 2.45) is 5.84 Å². The fourth-order valence-electron chi connectivity index (χ4n) is 1.73. The van der Waals surface area contributed by atoms with E-state index in [-0.39, 0.29) is 5.91 Å². The molecule has 0 aromatic heterocycles.